The van der Waals surface area contributed by atoms with Crippen LogP contribution in [-0.4, -0.2) is 23.7 Å². The maximum Gasteiger partial charge on any atom is 0.415 e. The Bertz CT molecular complexity index is 458. The van der Waals surface area contributed by atoms with Gasteiger partial charge in [-0.15, -0.1) is 0 Å². The van der Waals surface area contributed by atoms with Crippen LogP contribution < -0.4 is 4.90 Å². The molecule has 0 aromatic carbocycles. The summed E-state index contributed by atoms with van der Waals surface area (Å²) in [5.41, 5.74) is -0.242. The van der Waals surface area contributed by atoms with Crippen LogP contribution in [0.1, 0.15) is 26.3 Å². The van der Waals surface area contributed by atoms with E-state index in [0.29, 0.717) is 11.4 Å². The Morgan fingerprint density at radius 1 is 1.53 bits per heavy atom. The maximum atomic E-state index is 11.8. The molecule has 0 spiro atoms. The molecule has 0 radical (unpaired) electrons. The summed E-state index contributed by atoms with van der Waals surface area (Å²) in [6.45, 7) is 5.34. The van der Waals surface area contributed by atoms with Gasteiger partial charge in [0.05, 0.1) is 5.56 Å². The highest BCUT2D eigenvalue weighted by atomic mass is 16.6. The van der Waals surface area contributed by atoms with Gasteiger partial charge >= 0.3 is 6.09 Å². The SMILES string of the molecule is CN(C(=O)OC(C)(C)C)c1ncccc1C#N. The largest absolute Gasteiger partial charge is 0.443 e. The van der Waals surface area contributed by atoms with Crippen LogP contribution in [0.2, 0.25) is 0 Å². The molecule has 1 aromatic heterocycles. The number of anilines is 1. The van der Waals surface area contributed by atoms with Gasteiger partial charge in [-0.25, -0.2) is 9.78 Å². The number of carbonyl (C=O) groups is 1. The molecule has 17 heavy (non-hydrogen) atoms. The molecule has 90 valence electrons. The van der Waals surface area contributed by atoms with Crippen molar-refractivity contribution in [3.8, 4) is 6.07 Å². The number of carbonyl (C=O) groups excluding carboxylic acids is 1. The molecule has 0 atom stereocenters. The maximum absolute atomic E-state index is 11.8. The molecule has 0 saturated heterocycles. The standard InChI is InChI=1S/C12H15N3O2/c1-12(2,3)17-11(16)15(4)10-9(8-13)6-5-7-14-10/h5-7H,1-4H3. The fourth-order valence-corrected chi connectivity index (χ4v) is 1.17. The van der Waals surface area contributed by atoms with Crippen molar-refractivity contribution in [1.82, 2.24) is 4.98 Å². The number of amides is 1. The minimum atomic E-state index is -0.576. The van der Waals surface area contributed by atoms with E-state index in [1.54, 1.807) is 32.9 Å². The first-order valence-corrected chi connectivity index (χ1v) is 5.17. The Morgan fingerprint density at radius 3 is 2.71 bits per heavy atom. The lowest BCUT2D eigenvalue weighted by Crippen LogP contribution is -2.35. The number of nitriles is 1. The van der Waals surface area contributed by atoms with E-state index in [0.717, 1.165) is 0 Å². The van der Waals surface area contributed by atoms with Crippen LogP contribution in [0.5, 0.6) is 0 Å². The molecular formula is C12H15N3O2. The van der Waals surface area contributed by atoms with Crippen LogP contribution in [0, 0.1) is 11.3 Å². The van der Waals surface area contributed by atoms with Gasteiger partial charge in [0, 0.05) is 13.2 Å². The van der Waals surface area contributed by atoms with Crippen LogP contribution >= 0.6 is 0 Å². The summed E-state index contributed by atoms with van der Waals surface area (Å²) in [4.78, 5) is 17.0. The van der Waals surface area contributed by atoms with Gasteiger partial charge in [-0.1, -0.05) is 0 Å². The quantitative estimate of drug-likeness (QED) is 0.746. The van der Waals surface area contributed by atoms with Crippen molar-refractivity contribution >= 4 is 11.9 Å². The molecule has 1 rings (SSSR count). The van der Waals surface area contributed by atoms with Crippen LogP contribution in [0.3, 0.4) is 0 Å². The highest BCUT2D eigenvalue weighted by Gasteiger charge is 2.22. The van der Waals surface area contributed by atoms with Gasteiger partial charge in [-0.2, -0.15) is 5.26 Å². The van der Waals surface area contributed by atoms with Gasteiger partial charge in [0.2, 0.25) is 0 Å². The lowest BCUT2D eigenvalue weighted by Gasteiger charge is -2.24. The average molecular weight is 233 g/mol. The molecule has 0 fully saturated rings. The van der Waals surface area contributed by atoms with Gasteiger partial charge in [0.15, 0.2) is 5.82 Å². The van der Waals surface area contributed by atoms with E-state index < -0.39 is 11.7 Å². The normalized spacial score (nSPS) is 10.5. The van der Waals surface area contributed by atoms with Crippen molar-refractivity contribution in [1.29, 1.82) is 5.26 Å². The Morgan fingerprint density at radius 2 is 2.18 bits per heavy atom. The third kappa shape index (κ3) is 3.45. The highest BCUT2D eigenvalue weighted by Crippen LogP contribution is 2.17. The Balaban J connectivity index is 2.94. The molecule has 0 aliphatic carbocycles. The molecule has 0 aliphatic heterocycles. The minimum absolute atomic E-state index is 0.296. The predicted octanol–water partition coefficient (Wildman–Crippen LogP) is 2.32. The summed E-state index contributed by atoms with van der Waals surface area (Å²) in [5, 5.41) is 8.91. The van der Waals surface area contributed by atoms with E-state index in [-0.39, 0.29) is 0 Å². The minimum Gasteiger partial charge on any atom is -0.443 e. The zero-order valence-corrected chi connectivity index (χ0v) is 10.4. The van der Waals surface area contributed by atoms with E-state index in [1.165, 1.54) is 18.1 Å². The number of nitrogens with zero attached hydrogens (tertiary/aromatic N) is 3. The average Bonchev–Trinajstić information content (AvgIpc) is 2.25. The van der Waals surface area contributed by atoms with Crippen LogP contribution in [0.15, 0.2) is 18.3 Å². The van der Waals surface area contributed by atoms with E-state index >= 15 is 0 Å². The number of hydrogen-bond acceptors (Lipinski definition) is 4. The second kappa shape index (κ2) is 4.83. The van der Waals surface area contributed by atoms with Crippen molar-refractivity contribution in [3.63, 3.8) is 0 Å². The number of aromatic nitrogens is 1. The summed E-state index contributed by atoms with van der Waals surface area (Å²) < 4.78 is 5.19. The molecule has 5 heteroatoms. The molecule has 0 aliphatic rings. The highest BCUT2D eigenvalue weighted by molar-refractivity contribution is 5.87. The monoisotopic (exact) mass is 233 g/mol. The third-order valence-corrected chi connectivity index (χ3v) is 1.89. The van der Waals surface area contributed by atoms with Crippen molar-refractivity contribution < 1.29 is 9.53 Å². The summed E-state index contributed by atoms with van der Waals surface area (Å²) in [6, 6.07) is 5.23. The van der Waals surface area contributed by atoms with Crippen molar-refractivity contribution in [3.05, 3.63) is 23.9 Å². The van der Waals surface area contributed by atoms with Crippen molar-refractivity contribution in [2.75, 3.05) is 11.9 Å². The summed E-state index contributed by atoms with van der Waals surface area (Å²) in [6.07, 6.45) is 0.990. The van der Waals surface area contributed by atoms with Crippen LogP contribution in [-0.2, 0) is 4.74 Å². The first kappa shape index (κ1) is 13.0. The molecule has 0 saturated carbocycles. The summed E-state index contributed by atoms with van der Waals surface area (Å²) in [5.74, 6) is 0.296. The molecule has 5 nitrogen and oxygen atoms in total. The van der Waals surface area contributed by atoms with E-state index in [9.17, 15) is 4.79 Å². The van der Waals surface area contributed by atoms with E-state index in [2.05, 4.69) is 4.98 Å². The van der Waals surface area contributed by atoms with Crippen molar-refractivity contribution in [2.24, 2.45) is 0 Å². The topological polar surface area (TPSA) is 66.2 Å². The second-order valence-electron chi connectivity index (χ2n) is 4.53. The molecule has 1 heterocycles. The molecule has 0 N–H and O–H groups in total. The Hall–Kier alpha value is -2.09. The molecule has 1 amide bonds. The van der Waals surface area contributed by atoms with Crippen molar-refractivity contribution in [2.45, 2.75) is 26.4 Å². The fraction of sp³-hybridized carbons (Fsp3) is 0.417. The lowest BCUT2D eigenvalue weighted by molar-refractivity contribution is 0.0588. The molecule has 0 bridgehead atoms. The van der Waals surface area contributed by atoms with E-state index in [4.69, 9.17) is 10.00 Å². The zero-order chi connectivity index (χ0) is 13.1. The van der Waals surface area contributed by atoms with Gasteiger partial charge in [-0.3, -0.25) is 4.90 Å². The molecule has 1 aromatic rings. The number of hydrogen-bond donors (Lipinski definition) is 0. The van der Waals surface area contributed by atoms with Gasteiger partial charge in [0.25, 0.3) is 0 Å². The summed E-state index contributed by atoms with van der Waals surface area (Å²) >= 11 is 0. The smallest absolute Gasteiger partial charge is 0.415 e. The molecular weight excluding hydrogens is 218 g/mol. The number of ether oxygens (including phenoxy) is 1. The Kier molecular flexibility index (Phi) is 3.69. The molecule has 0 unspecified atom stereocenters. The van der Waals surface area contributed by atoms with E-state index in [1.807, 2.05) is 6.07 Å². The summed E-state index contributed by atoms with van der Waals surface area (Å²) in [7, 11) is 1.53. The first-order valence-electron chi connectivity index (χ1n) is 5.17. The third-order valence-electron chi connectivity index (χ3n) is 1.89. The predicted molar refractivity (Wildman–Crippen MR) is 63.6 cm³/mol. The fourth-order valence-electron chi connectivity index (χ4n) is 1.17. The van der Waals surface area contributed by atoms with Gasteiger partial charge < -0.3 is 4.74 Å². The second-order valence-corrected chi connectivity index (χ2v) is 4.53. The zero-order valence-electron chi connectivity index (χ0n) is 10.4. The van der Waals surface area contributed by atoms with Crippen LogP contribution in [0.4, 0.5) is 10.6 Å². The lowest BCUT2D eigenvalue weighted by atomic mass is 10.2. The van der Waals surface area contributed by atoms with Gasteiger partial charge in [-0.05, 0) is 32.9 Å². The number of pyridine rings is 1. The first-order chi connectivity index (χ1) is 7.85. The van der Waals surface area contributed by atoms with Crippen LogP contribution in [0.25, 0.3) is 0 Å². The number of rotatable bonds is 1. The Labute approximate surface area is 101 Å². The van der Waals surface area contributed by atoms with Gasteiger partial charge in [0.1, 0.15) is 11.7 Å².